The highest BCUT2D eigenvalue weighted by Crippen LogP contribution is 2.47. The van der Waals surface area contributed by atoms with E-state index in [2.05, 4.69) is 0 Å². The first-order valence-electron chi connectivity index (χ1n) is 7.39. The second-order valence-corrected chi connectivity index (χ2v) is 5.91. The molecule has 3 N–H and O–H groups in total. The van der Waals surface area contributed by atoms with E-state index in [4.69, 9.17) is 9.47 Å². The van der Waals surface area contributed by atoms with Crippen molar-refractivity contribution in [2.24, 2.45) is 0 Å². The largest absolute Gasteiger partial charge is 0.504 e. The summed E-state index contributed by atoms with van der Waals surface area (Å²) in [5.41, 5.74) is 2.26. The van der Waals surface area contributed by atoms with Crippen molar-refractivity contribution in [2.75, 3.05) is 20.4 Å². The fourth-order valence-electron chi connectivity index (χ4n) is 3.42. The molecule has 120 valence electrons. The van der Waals surface area contributed by atoms with E-state index >= 15 is 0 Å². The first kappa shape index (κ1) is 14.2. The van der Waals surface area contributed by atoms with Crippen LogP contribution in [0.2, 0.25) is 0 Å². The van der Waals surface area contributed by atoms with Crippen LogP contribution in [-0.2, 0) is 0 Å². The zero-order valence-electron chi connectivity index (χ0n) is 12.6. The molecule has 0 amide bonds. The second-order valence-electron chi connectivity index (χ2n) is 5.91. The molecule has 2 heterocycles. The predicted molar refractivity (Wildman–Crippen MR) is 81.8 cm³/mol. The Bertz CT molecular complexity index is 776. The molecule has 0 fully saturated rings. The third-order valence-corrected chi connectivity index (χ3v) is 4.46. The Morgan fingerprint density at radius 1 is 1.04 bits per heavy atom. The summed E-state index contributed by atoms with van der Waals surface area (Å²) in [7, 11) is 1.90. The third-order valence-electron chi connectivity index (χ3n) is 4.46. The summed E-state index contributed by atoms with van der Waals surface area (Å²) in [5.74, 6) is 0.927. The van der Waals surface area contributed by atoms with E-state index in [1.165, 1.54) is 12.1 Å². The number of ether oxygens (including phenoxy) is 2. The Morgan fingerprint density at radius 3 is 2.57 bits per heavy atom. The molecule has 0 radical (unpaired) electrons. The van der Waals surface area contributed by atoms with Gasteiger partial charge in [-0.25, -0.2) is 0 Å². The quantitative estimate of drug-likeness (QED) is 0.697. The van der Waals surface area contributed by atoms with Crippen molar-refractivity contribution in [3.63, 3.8) is 0 Å². The van der Waals surface area contributed by atoms with Crippen molar-refractivity contribution >= 4 is 0 Å². The van der Waals surface area contributed by atoms with Gasteiger partial charge in [0.2, 0.25) is 6.79 Å². The average molecular weight is 315 g/mol. The van der Waals surface area contributed by atoms with Gasteiger partial charge >= 0.3 is 0 Å². The molecule has 2 aromatic carbocycles. The number of hydrogen-bond acceptors (Lipinski definition) is 6. The van der Waals surface area contributed by atoms with E-state index in [1.807, 2.05) is 30.1 Å². The van der Waals surface area contributed by atoms with Gasteiger partial charge in [0, 0.05) is 12.1 Å². The van der Waals surface area contributed by atoms with Crippen molar-refractivity contribution in [3.8, 4) is 23.0 Å². The number of β-amino-alcohol motifs (C(OH)–C–C–N with tert-alkyl or cyclic N) is 1. The van der Waals surface area contributed by atoms with E-state index in [1.54, 1.807) is 0 Å². The van der Waals surface area contributed by atoms with Crippen LogP contribution < -0.4 is 9.47 Å². The molecule has 0 bridgehead atoms. The molecule has 0 saturated carbocycles. The summed E-state index contributed by atoms with van der Waals surface area (Å²) < 4.78 is 11.0. The minimum Gasteiger partial charge on any atom is -0.504 e. The number of phenols is 2. The number of nitrogens with zero attached hydrogens (tertiary/aromatic N) is 1. The van der Waals surface area contributed by atoms with E-state index in [0.717, 1.165) is 11.1 Å². The lowest BCUT2D eigenvalue weighted by molar-refractivity contribution is 0.0928. The van der Waals surface area contributed by atoms with Gasteiger partial charge in [-0.05, 0) is 36.4 Å². The summed E-state index contributed by atoms with van der Waals surface area (Å²) >= 11 is 0. The van der Waals surface area contributed by atoms with E-state index in [-0.39, 0.29) is 24.3 Å². The van der Waals surface area contributed by atoms with Gasteiger partial charge in [-0.15, -0.1) is 0 Å². The molecular formula is C17H17NO5. The smallest absolute Gasteiger partial charge is 0.231 e. The number of phenolic OH excluding ortho intramolecular Hbond substituents is 2. The maximum atomic E-state index is 10.3. The van der Waals surface area contributed by atoms with Crippen LogP contribution in [0.1, 0.15) is 28.8 Å². The number of aliphatic hydroxyl groups is 1. The maximum Gasteiger partial charge on any atom is 0.231 e. The SMILES string of the molecule is CN1C[C@H](O)c2cc(O)c(O)cc2[C@@H]1c1cccc2c1OCO2. The summed E-state index contributed by atoms with van der Waals surface area (Å²) in [4.78, 5) is 1.99. The molecule has 6 heteroatoms. The monoisotopic (exact) mass is 315 g/mol. The first-order valence-corrected chi connectivity index (χ1v) is 7.39. The zero-order chi connectivity index (χ0) is 16.1. The van der Waals surface area contributed by atoms with Gasteiger partial charge in [0.15, 0.2) is 23.0 Å². The highest BCUT2D eigenvalue weighted by Gasteiger charge is 2.35. The Kier molecular flexibility index (Phi) is 3.11. The molecule has 2 atom stereocenters. The van der Waals surface area contributed by atoms with Crippen LogP contribution in [0.4, 0.5) is 0 Å². The van der Waals surface area contributed by atoms with E-state index in [9.17, 15) is 15.3 Å². The van der Waals surface area contributed by atoms with Crippen molar-refractivity contribution < 1.29 is 24.8 Å². The molecule has 0 saturated heterocycles. The van der Waals surface area contributed by atoms with Crippen LogP contribution in [0, 0.1) is 0 Å². The molecule has 0 spiro atoms. The molecule has 23 heavy (non-hydrogen) atoms. The van der Waals surface area contributed by atoms with Crippen molar-refractivity contribution in [2.45, 2.75) is 12.1 Å². The van der Waals surface area contributed by atoms with Gasteiger partial charge in [0.1, 0.15) is 0 Å². The van der Waals surface area contributed by atoms with Crippen LogP contribution >= 0.6 is 0 Å². The second kappa shape index (κ2) is 5.04. The topological polar surface area (TPSA) is 82.4 Å². The van der Waals surface area contributed by atoms with Crippen LogP contribution in [0.15, 0.2) is 30.3 Å². The van der Waals surface area contributed by atoms with Gasteiger partial charge in [-0.1, -0.05) is 12.1 Å². The normalized spacial score (nSPS) is 22.9. The van der Waals surface area contributed by atoms with Gasteiger partial charge in [0.25, 0.3) is 0 Å². The number of para-hydroxylation sites is 1. The minimum absolute atomic E-state index is 0.180. The predicted octanol–water partition coefficient (Wildman–Crippen LogP) is 1.89. The maximum absolute atomic E-state index is 10.3. The number of hydrogen-bond donors (Lipinski definition) is 3. The Balaban J connectivity index is 1.92. The van der Waals surface area contributed by atoms with Crippen LogP contribution in [0.25, 0.3) is 0 Å². The number of aliphatic hydroxyl groups excluding tert-OH is 1. The van der Waals surface area contributed by atoms with Crippen LogP contribution in [-0.4, -0.2) is 40.6 Å². The third kappa shape index (κ3) is 2.10. The van der Waals surface area contributed by atoms with Gasteiger partial charge < -0.3 is 24.8 Å². The summed E-state index contributed by atoms with van der Waals surface area (Å²) in [6, 6.07) is 8.40. The lowest BCUT2D eigenvalue weighted by Gasteiger charge is -2.37. The molecule has 0 unspecified atom stereocenters. The Morgan fingerprint density at radius 2 is 1.78 bits per heavy atom. The van der Waals surface area contributed by atoms with Crippen LogP contribution in [0.3, 0.4) is 0 Å². The minimum atomic E-state index is -0.730. The summed E-state index contributed by atoms with van der Waals surface area (Å²) in [5, 5.41) is 30.0. The number of likely N-dealkylation sites (N-methyl/N-ethyl adjacent to an activating group) is 1. The molecular weight excluding hydrogens is 298 g/mol. The fraction of sp³-hybridized carbons (Fsp3) is 0.294. The van der Waals surface area contributed by atoms with Crippen molar-refractivity contribution in [1.82, 2.24) is 4.90 Å². The number of aromatic hydroxyl groups is 2. The molecule has 2 aliphatic rings. The highest BCUT2D eigenvalue weighted by molar-refractivity contribution is 5.56. The van der Waals surface area contributed by atoms with E-state index in [0.29, 0.717) is 23.6 Å². The first-order chi connectivity index (χ1) is 11.1. The highest BCUT2D eigenvalue weighted by atomic mass is 16.7. The summed E-state index contributed by atoms with van der Waals surface area (Å²) in [6.07, 6.45) is -0.730. The average Bonchev–Trinajstić information content (AvgIpc) is 2.99. The fourth-order valence-corrected chi connectivity index (χ4v) is 3.42. The molecule has 4 rings (SSSR count). The number of benzene rings is 2. The molecule has 0 aromatic heterocycles. The van der Waals surface area contributed by atoms with Crippen LogP contribution in [0.5, 0.6) is 23.0 Å². The van der Waals surface area contributed by atoms with Crippen molar-refractivity contribution in [1.29, 1.82) is 0 Å². The van der Waals surface area contributed by atoms with Gasteiger partial charge in [0.05, 0.1) is 12.1 Å². The summed E-state index contributed by atoms with van der Waals surface area (Å²) in [6.45, 7) is 0.589. The Hall–Kier alpha value is -2.44. The number of rotatable bonds is 1. The molecule has 2 aromatic rings. The Labute approximate surface area is 133 Å². The van der Waals surface area contributed by atoms with Gasteiger partial charge in [-0.3, -0.25) is 4.90 Å². The van der Waals surface area contributed by atoms with Gasteiger partial charge in [-0.2, -0.15) is 0 Å². The molecule has 6 nitrogen and oxygen atoms in total. The standard InChI is InChI=1S/C17H17NO5/c1-18-7-14(21)10-5-12(19)13(20)6-11(10)16(18)9-3-2-4-15-17(9)23-8-22-15/h2-6,14,16,19-21H,7-8H2,1H3/t14-,16-/m0/s1. The molecule has 2 aliphatic heterocycles. The van der Waals surface area contributed by atoms with E-state index < -0.39 is 6.10 Å². The zero-order valence-corrected chi connectivity index (χ0v) is 12.6. The lowest BCUT2D eigenvalue weighted by Crippen LogP contribution is -2.35. The lowest BCUT2D eigenvalue weighted by atomic mass is 9.86. The van der Waals surface area contributed by atoms with Crippen molar-refractivity contribution in [3.05, 3.63) is 47.0 Å². The number of fused-ring (bicyclic) bond motifs is 2. The molecule has 0 aliphatic carbocycles.